The van der Waals surface area contributed by atoms with Gasteiger partial charge in [-0.1, -0.05) is 31.4 Å². The van der Waals surface area contributed by atoms with Gasteiger partial charge >= 0.3 is 0 Å². The second kappa shape index (κ2) is 7.48. The van der Waals surface area contributed by atoms with Gasteiger partial charge in [0.2, 0.25) is 0 Å². The standard InChI is InChI=1S/C19H26N2O/c1-22-19-12-6-5-11-17(19)18(14-16-10-7-13-20-16)21-15-8-3-2-4-9-15/h5-6,11-12,14-15,20H,2-4,7-10,13H2,1H3. The Labute approximate surface area is 133 Å². The maximum absolute atomic E-state index is 5.55. The Morgan fingerprint density at radius 2 is 2.00 bits per heavy atom. The maximum atomic E-state index is 5.55. The van der Waals surface area contributed by atoms with E-state index < -0.39 is 0 Å². The van der Waals surface area contributed by atoms with Crippen molar-refractivity contribution in [2.45, 2.75) is 51.0 Å². The van der Waals surface area contributed by atoms with Crippen LogP contribution in [0.15, 0.2) is 41.0 Å². The number of aliphatic imine (C=N–C) groups is 1. The zero-order valence-electron chi connectivity index (χ0n) is 13.5. The van der Waals surface area contributed by atoms with Gasteiger partial charge < -0.3 is 10.1 Å². The largest absolute Gasteiger partial charge is 0.496 e. The molecule has 1 saturated heterocycles. The molecule has 1 N–H and O–H groups in total. The molecule has 1 saturated carbocycles. The van der Waals surface area contributed by atoms with Gasteiger partial charge in [0.1, 0.15) is 5.75 Å². The van der Waals surface area contributed by atoms with Crippen molar-refractivity contribution in [2.24, 2.45) is 4.99 Å². The minimum Gasteiger partial charge on any atom is -0.496 e. The highest BCUT2D eigenvalue weighted by Crippen LogP contribution is 2.25. The molecule has 0 amide bonds. The van der Waals surface area contributed by atoms with E-state index in [4.69, 9.17) is 9.73 Å². The topological polar surface area (TPSA) is 33.6 Å². The monoisotopic (exact) mass is 298 g/mol. The molecule has 2 aliphatic rings. The highest BCUT2D eigenvalue weighted by atomic mass is 16.5. The van der Waals surface area contributed by atoms with Crippen molar-refractivity contribution < 1.29 is 4.74 Å². The van der Waals surface area contributed by atoms with Crippen LogP contribution in [0, 0.1) is 0 Å². The van der Waals surface area contributed by atoms with Gasteiger partial charge in [0.05, 0.1) is 18.9 Å². The third-order valence-corrected chi connectivity index (χ3v) is 4.57. The van der Waals surface area contributed by atoms with Gasteiger partial charge in [-0.15, -0.1) is 0 Å². The summed E-state index contributed by atoms with van der Waals surface area (Å²) in [6.45, 7) is 1.08. The Morgan fingerprint density at radius 1 is 1.18 bits per heavy atom. The first-order valence-electron chi connectivity index (χ1n) is 8.52. The molecule has 0 unspecified atom stereocenters. The molecule has 1 aromatic rings. The van der Waals surface area contributed by atoms with Gasteiger partial charge in [-0.3, -0.25) is 4.99 Å². The van der Waals surface area contributed by atoms with E-state index in [2.05, 4.69) is 23.5 Å². The van der Waals surface area contributed by atoms with Crippen LogP contribution in [0.2, 0.25) is 0 Å². The molecule has 3 nitrogen and oxygen atoms in total. The van der Waals surface area contributed by atoms with Crippen LogP contribution in [0.1, 0.15) is 50.5 Å². The number of benzene rings is 1. The summed E-state index contributed by atoms with van der Waals surface area (Å²) in [7, 11) is 1.73. The fraction of sp³-hybridized carbons (Fsp3) is 0.526. The number of hydrogen-bond acceptors (Lipinski definition) is 3. The Morgan fingerprint density at radius 3 is 2.73 bits per heavy atom. The molecular weight excluding hydrogens is 272 g/mol. The van der Waals surface area contributed by atoms with Crippen LogP contribution < -0.4 is 10.1 Å². The summed E-state index contributed by atoms with van der Waals surface area (Å²) < 4.78 is 5.55. The maximum Gasteiger partial charge on any atom is 0.128 e. The van der Waals surface area contributed by atoms with E-state index in [9.17, 15) is 0 Å². The third kappa shape index (κ3) is 3.70. The summed E-state index contributed by atoms with van der Waals surface area (Å²) in [4.78, 5) is 5.10. The smallest absolute Gasteiger partial charge is 0.128 e. The Kier molecular flexibility index (Phi) is 5.15. The van der Waals surface area contributed by atoms with Crippen LogP contribution in [0.4, 0.5) is 0 Å². The zero-order chi connectivity index (χ0) is 15.2. The van der Waals surface area contributed by atoms with E-state index in [1.165, 1.54) is 44.2 Å². The molecule has 0 radical (unpaired) electrons. The van der Waals surface area contributed by atoms with Gasteiger partial charge in [0.25, 0.3) is 0 Å². The van der Waals surface area contributed by atoms with Crippen LogP contribution in [-0.4, -0.2) is 25.4 Å². The van der Waals surface area contributed by atoms with E-state index in [0.717, 1.165) is 30.0 Å². The Hall–Kier alpha value is -1.77. The molecule has 22 heavy (non-hydrogen) atoms. The number of rotatable bonds is 4. The predicted octanol–water partition coefficient (Wildman–Crippen LogP) is 4.08. The molecule has 1 heterocycles. The molecule has 3 rings (SSSR count). The number of allylic oxidation sites excluding steroid dienone is 2. The zero-order valence-corrected chi connectivity index (χ0v) is 13.5. The number of methoxy groups -OCH3 is 1. The van der Waals surface area contributed by atoms with Crippen molar-refractivity contribution in [3.63, 3.8) is 0 Å². The summed E-state index contributed by atoms with van der Waals surface area (Å²) >= 11 is 0. The van der Waals surface area contributed by atoms with E-state index in [1.54, 1.807) is 7.11 Å². The van der Waals surface area contributed by atoms with Crippen molar-refractivity contribution in [3.8, 4) is 5.75 Å². The van der Waals surface area contributed by atoms with Crippen LogP contribution in [0.25, 0.3) is 0 Å². The SMILES string of the molecule is COc1ccccc1C(C=C1CCCN1)=NC1CCCCC1. The highest BCUT2D eigenvalue weighted by molar-refractivity contribution is 6.11. The van der Waals surface area contributed by atoms with Crippen molar-refractivity contribution in [3.05, 3.63) is 41.6 Å². The number of para-hydroxylation sites is 1. The summed E-state index contributed by atoms with van der Waals surface area (Å²) in [5.41, 5.74) is 3.49. The number of nitrogens with zero attached hydrogens (tertiary/aromatic N) is 1. The van der Waals surface area contributed by atoms with Gasteiger partial charge in [-0.2, -0.15) is 0 Å². The molecule has 1 aliphatic carbocycles. The molecule has 2 fully saturated rings. The quantitative estimate of drug-likeness (QED) is 0.850. The lowest BCUT2D eigenvalue weighted by atomic mass is 9.95. The normalized spacial score (nSPS) is 21.9. The molecule has 1 aliphatic heterocycles. The predicted molar refractivity (Wildman–Crippen MR) is 91.7 cm³/mol. The fourth-order valence-electron chi connectivity index (χ4n) is 3.35. The second-order valence-corrected chi connectivity index (χ2v) is 6.21. The first-order chi connectivity index (χ1) is 10.9. The molecule has 0 bridgehead atoms. The van der Waals surface area contributed by atoms with Gasteiger partial charge in [0, 0.05) is 17.8 Å². The Bertz CT molecular complexity index is 548. The van der Waals surface area contributed by atoms with Crippen LogP contribution in [0.5, 0.6) is 5.75 Å². The molecule has 0 aromatic heterocycles. The lowest BCUT2D eigenvalue weighted by Crippen LogP contribution is -2.14. The summed E-state index contributed by atoms with van der Waals surface area (Å²) in [6, 6.07) is 8.68. The molecule has 0 atom stereocenters. The van der Waals surface area contributed by atoms with Gasteiger partial charge in [0.15, 0.2) is 0 Å². The van der Waals surface area contributed by atoms with E-state index in [0.29, 0.717) is 6.04 Å². The van der Waals surface area contributed by atoms with Crippen molar-refractivity contribution in [1.82, 2.24) is 5.32 Å². The lowest BCUT2D eigenvalue weighted by Gasteiger charge is -2.19. The molecule has 1 aromatic carbocycles. The molecule has 3 heteroatoms. The van der Waals surface area contributed by atoms with Crippen LogP contribution in [-0.2, 0) is 0 Å². The second-order valence-electron chi connectivity index (χ2n) is 6.21. The Balaban J connectivity index is 1.94. The summed E-state index contributed by atoms with van der Waals surface area (Å²) in [5, 5.41) is 3.47. The summed E-state index contributed by atoms with van der Waals surface area (Å²) in [6.07, 6.45) is 11.0. The number of nitrogens with one attached hydrogen (secondary N) is 1. The van der Waals surface area contributed by atoms with Gasteiger partial charge in [-0.05, 0) is 43.9 Å². The average Bonchev–Trinajstić information content (AvgIpc) is 3.08. The molecule has 118 valence electrons. The first kappa shape index (κ1) is 15.1. The van der Waals surface area contributed by atoms with E-state index >= 15 is 0 Å². The first-order valence-corrected chi connectivity index (χ1v) is 8.52. The van der Waals surface area contributed by atoms with Crippen molar-refractivity contribution in [1.29, 1.82) is 0 Å². The van der Waals surface area contributed by atoms with Gasteiger partial charge in [-0.25, -0.2) is 0 Å². The average molecular weight is 298 g/mol. The number of ether oxygens (including phenoxy) is 1. The van der Waals surface area contributed by atoms with Crippen molar-refractivity contribution >= 4 is 5.71 Å². The minimum absolute atomic E-state index is 0.465. The summed E-state index contributed by atoms with van der Waals surface area (Å²) in [5.74, 6) is 0.909. The molecular formula is C19H26N2O. The van der Waals surface area contributed by atoms with Crippen LogP contribution >= 0.6 is 0 Å². The minimum atomic E-state index is 0.465. The number of hydrogen-bond donors (Lipinski definition) is 1. The molecule has 0 spiro atoms. The van der Waals surface area contributed by atoms with E-state index in [1.807, 2.05) is 12.1 Å². The van der Waals surface area contributed by atoms with Crippen molar-refractivity contribution in [2.75, 3.05) is 13.7 Å². The van der Waals surface area contributed by atoms with Crippen LogP contribution in [0.3, 0.4) is 0 Å². The third-order valence-electron chi connectivity index (χ3n) is 4.57. The fourth-order valence-corrected chi connectivity index (χ4v) is 3.35. The highest BCUT2D eigenvalue weighted by Gasteiger charge is 2.16. The lowest BCUT2D eigenvalue weighted by molar-refractivity contribution is 0.413. The van der Waals surface area contributed by atoms with E-state index in [-0.39, 0.29) is 0 Å².